The highest BCUT2D eigenvalue weighted by molar-refractivity contribution is 5.68. The molecule has 1 saturated heterocycles. The molecule has 2 N–H and O–H groups in total. The Balaban J connectivity index is 1.98. The number of nitrogen functional groups attached to an aromatic ring is 1. The first-order valence-corrected chi connectivity index (χ1v) is 7.25. The zero-order chi connectivity index (χ0) is 16.3. The lowest BCUT2D eigenvalue weighted by Crippen LogP contribution is -2.51. The number of anilines is 1. The topological polar surface area (TPSA) is 77.7 Å². The van der Waals surface area contributed by atoms with E-state index in [1.54, 1.807) is 32.9 Å². The molecule has 22 heavy (non-hydrogen) atoms. The first kappa shape index (κ1) is 16.3. The first-order valence-electron chi connectivity index (χ1n) is 7.25. The minimum atomic E-state index is -1.14. The summed E-state index contributed by atoms with van der Waals surface area (Å²) in [7, 11) is 0. The number of ether oxygens (including phenoxy) is 2. The van der Waals surface area contributed by atoms with Crippen molar-refractivity contribution in [3.05, 3.63) is 18.3 Å². The van der Waals surface area contributed by atoms with Crippen molar-refractivity contribution in [1.82, 2.24) is 9.88 Å². The van der Waals surface area contributed by atoms with Crippen LogP contribution in [0.3, 0.4) is 0 Å². The number of hydrogen-bond acceptors (Lipinski definition) is 5. The van der Waals surface area contributed by atoms with Gasteiger partial charge in [0.05, 0.1) is 12.7 Å². The molecule has 0 aliphatic carbocycles. The molecular formula is C15H22FN3O3. The second-order valence-electron chi connectivity index (χ2n) is 6.31. The van der Waals surface area contributed by atoms with Gasteiger partial charge in [0, 0.05) is 13.0 Å². The highest BCUT2D eigenvalue weighted by atomic mass is 19.1. The number of pyridine rings is 1. The normalized spacial score (nSPS) is 22.3. The van der Waals surface area contributed by atoms with E-state index in [4.69, 9.17) is 15.2 Å². The Bertz CT molecular complexity index is 516. The summed E-state index contributed by atoms with van der Waals surface area (Å²) in [5.74, 6) is 0.788. The molecule has 2 atom stereocenters. The minimum absolute atomic E-state index is 0.139. The maximum atomic E-state index is 14.0. The van der Waals surface area contributed by atoms with Crippen molar-refractivity contribution in [2.45, 2.75) is 45.1 Å². The van der Waals surface area contributed by atoms with Crippen LogP contribution < -0.4 is 10.5 Å². The second-order valence-corrected chi connectivity index (χ2v) is 6.31. The van der Waals surface area contributed by atoms with Gasteiger partial charge in [-0.1, -0.05) is 0 Å². The predicted octanol–water partition coefficient (Wildman–Crippen LogP) is 2.39. The van der Waals surface area contributed by atoms with E-state index in [2.05, 4.69) is 4.98 Å². The monoisotopic (exact) mass is 311 g/mol. The number of halogens is 1. The van der Waals surface area contributed by atoms with E-state index < -0.39 is 24.0 Å². The van der Waals surface area contributed by atoms with Gasteiger partial charge in [-0.25, -0.2) is 14.2 Å². The number of hydrogen-bond donors (Lipinski definition) is 1. The average Bonchev–Trinajstić information content (AvgIpc) is 2.41. The Kier molecular flexibility index (Phi) is 4.73. The number of aromatic nitrogens is 1. The van der Waals surface area contributed by atoms with Crippen molar-refractivity contribution in [1.29, 1.82) is 0 Å². The Morgan fingerprint density at radius 3 is 2.77 bits per heavy atom. The van der Waals surface area contributed by atoms with Crippen molar-refractivity contribution in [2.75, 3.05) is 18.8 Å². The molecule has 0 radical (unpaired) electrons. The van der Waals surface area contributed by atoms with E-state index in [1.165, 1.54) is 11.1 Å². The molecule has 0 spiro atoms. The van der Waals surface area contributed by atoms with Crippen LogP contribution in [-0.4, -0.2) is 46.9 Å². The lowest BCUT2D eigenvalue weighted by Gasteiger charge is -2.35. The molecule has 1 aromatic rings. The van der Waals surface area contributed by atoms with Gasteiger partial charge in [-0.15, -0.1) is 0 Å². The summed E-state index contributed by atoms with van der Waals surface area (Å²) >= 11 is 0. The maximum absolute atomic E-state index is 14.0. The molecule has 1 amide bonds. The molecule has 0 saturated carbocycles. The van der Waals surface area contributed by atoms with Crippen LogP contribution in [0.2, 0.25) is 0 Å². The van der Waals surface area contributed by atoms with Gasteiger partial charge in [-0.05, 0) is 32.9 Å². The molecule has 0 aromatic carbocycles. The van der Waals surface area contributed by atoms with Gasteiger partial charge in [0.2, 0.25) is 0 Å². The summed E-state index contributed by atoms with van der Waals surface area (Å²) in [5, 5.41) is 0. The molecule has 2 rings (SSSR count). The van der Waals surface area contributed by atoms with Crippen molar-refractivity contribution >= 4 is 11.9 Å². The van der Waals surface area contributed by atoms with Crippen LogP contribution in [0.25, 0.3) is 0 Å². The lowest BCUT2D eigenvalue weighted by molar-refractivity contribution is -0.0123. The summed E-state index contributed by atoms with van der Waals surface area (Å²) in [5.41, 5.74) is 4.92. The summed E-state index contributed by atoms with van der Waals surface area (Å²) in [6.07, 6.45) is -0.688. The van der Waals surface area contributed by atoms with Gasteiger partial charge in [0.15, 0.2) is 0 Å². The van der Waals surface area contributed by atoms with E-state index in [0.717, 1.165) is 0 Å². The highest BCUT2D eigenvalue weighted by Gasteiger charge is 2.35. The van der Waals surface area contributed by atoms with Crippen LogP contribution in [0.1, 0.15) is 27.2 Å². The Morgan fingerprint density at radius 2 is 2.18 bits per heavy atom. The van der Waals surface area contributed by atoms with E-state index in [0.29, 0.717) is 18.1 Å². The number of piperidine rings is 1. The van der Waals surface area contributed by atoms with Crippen LogP contribution in [0, 0.1) is 0 Å². The second kappa shape index (κ2) is 6.37. The van der Waals surface area contributed by atoms with Gasteiger partial charge in [0.1, 0.15) is 29.4 Å². The lowest BCUT2D eigenvalue weighted by atomic mass is 10.1. The van der Waals surface area contributed by atoms with Crippen LogP contribution >= 0.6 is 0 Å². The fraction of sp³-hybridized carbons (Fsp3) is 0.600. The quantitative estimate of drug-likeness (QED) is 0.907. The number of carbonyl (C=O) groups is 1. The number of nitrogens with zero attached hydrogens (tertiary/aromatic N) is 2. The van der Waals surface area contributed by atoms with Crippen molar-refractivity contribution < 1.29 is 18.7 Å². The number of alkyl halides is 1. The molecule has 1 fully saturated rings. The molecule has 1 aliphatic heterocycles. The van der Waals surface area contributed by atoms with Crippen LogP contribution in [0.4, 0.5) is 15.0 Å². The van der Waals surface area contributed by atoms with E-state index in [9.17, 15) is 9.18 Å². The largest absolute Gasteiger partial charge is 0.484 e. The van der Waals surface area contributed by atoms with Crippen LogP contribution in [-0.2, 0) is 4.74 Å². The van der Waals surface area contributed by atoms with Gasteiger partial charge in [-0.3, -0.25) is 0 Å². The highest BCUT2D eigenvalue weighted by Crippen LogP contribution is 2.22. The fourth-order valence-electron chi connectivity index (χ4n) is 2.13. The van der Waals surface area contributed by atoms with E-state index in [-0.39, 0.29) is 13.0 Å². The first-order chi connectivity index (χ1) is 10.2. The molecule has 6 nitrogen and oxygen atoms in total. The smallest absolute Gasteiger partial charge is 0.410 e. The average molecular weight is 311 g/mol. The maximum Gasteiger partial charge on any atom is 0.410 e. The molecule has 2 heterocycles. The van der Waals surface area contributed by atoms with E-state index >= 15 is 0 Å². The Hall–Kier alpha value is -2.05. The minimum Gasteiger partial charge on any atom is -0.484 e. The van der Waals surface area contributed by atoms with Crippen LogP contribution in [0.5, 0.6) is 5.75 Å². The zero-order valence-corrected chi connectivity index (χ0v) is 13.1. The van der Waals surface area contributed by atoms with Gasteiger partial charge in [0.25, 0.3) is 0 Å². The zero-order valence-electron chi connectivity index (χ0n) is 13.1. The third-order valence-electron chi connectivity index (χ3n) is 3.18. The van der Waals surface area contributed by atoms with Crippen molar-refractivity contribution in [3.63, 3.8) is 0 Å². The van der Waals surface area contributed by atoms with Gasteiger partial charge in [-0.2, -0.15) is 0 Å². The van der Waals surface area contributed by atoms with Crippen molar-refractivity contribution in [2.24, 2.45) is 0 Å². The van der Waals surface area contributed by atoms with Crippen molar-refractivity contribution in [3.8, 4) is 5.75 Å². The predicted molar refractivity (Wildman–Crippen MR) is 80.4 cm³/mol. The SMILES string of the molecule is CC(C)(C)OC(=O)N1CC[C@@H](F)[C@H](Oc2ccc(N)nc2)C1. The van der Waals surface area contributed by atoms with E-state index in [1.807, 2.05) is 0 Å². The van der Waals surface area contributed by atoms with Gasteiger partial charge < -0.3 is 20.1 Å². The summed E-state index contributed by atoms with van der Waals surface area (Å²) in [4.78, 5) is 17.4. The molecule has 0 unspecified atom stereocenters. The third-order valence-corrected chi connectivity index (χ3v) is 3.18. The molecule has 7 heteroatoms. The standard InChI is InChI=1S/C15H22FN3O3/c1-15(2,3)22-14(20)19-7-6-11(16)12(9-19)21-10-4-5-13(17)18-8-10/h4-5,8,11-12H,6-7,9H2,1-3H3,(H2,17,18)/t11-,12-/m1/s1. The molecule has 1 aromatic heterocycles. The molecule has 1 aliphatic rings. The van der Waals surface area contributed by atoms with Gasteiger partial charge >= 0.3 is 6.09 Å². The van der Waals surface area contributed by atoms with Crippen LogP contribution in [0.15, 0.2) is 18.3 Å². The molecular weight excluding hydrogens is 289 g/mol. The summed E-state index contributed by atoms with van der Waals surface area (Å²) in [6.45, 7) is 5.83. The molecule has 122 valence electrons. The number of rotatable bonds is 2. The number of nitrogens with two attached hydrogens (primary N) is 1. The summed E-state index contributed by atoms with van der Waals surface area (Å²) in [6, 6.07) is 3.21. The Labute approximate surface area is 129 Å². The fourth-order valence-corrected chi connectivity index (χ4v) is 2.13. The third kappa shape index (κ3) is 4.47. The molecule has 0 bridgehead atoms. The number of amides is 1. The number of likely N-dealkylation sites (tertiary alicyclic amines) is 1. The summed E-state index contributed by atoms with van der Waals surface area (Å²) < 4.78 is 24.9. The number of carbonyl (C=O) groups excluding carboxylic acids is 1. The Morgan fingerprint density at radius 1 is 1.45 bits per heavy atom.